The van der Waals surface area contributed by atoms with Crippen molar-refractivity contribution in [1.29, 1.82) is 0 Å². The number of benzene rings is 2. The Bertz CT molecular complexity index is 1090. The predicted octanol–water partition coefficient (Wildman–Crippen LogP) is 5.89. The van der Waals surface area contributed by atoms with Gasteiger partial charge in [0, 0.05) is 17.7 Å². The molecule has 2 aliphatic rings. The number of hydrogen-bond acceptors (Lipinski definition) is 5. The highest BCUT2D eigenvalue weighted by Crippen LogP contribution is 2.47. The topological polar surface area (TPSA) is 70.6 Å². The zero-order chi connectivity index (χ0) is 21.8. The first-order chi connectivity index (χ1) is 14.1. The van der Waals surface area contributed by atoms with E-state index in [1.807, 2.05) is 0 Å². The number of carbonyl (C=O) groups excluding carboxylic acids is 1. The van der Waals surface area contributed by atoms with Crippen LogP contribution in [0.2, 0.25) is 5.02 Å². The van der Waals surface area contributed by atoms with E-state index in [0.717, 1.165) is 34.6 Å². The van der Waals surface area contributed by atoms with Crippen molar-refractivity contribution in [1.82, 2.24) is 0 Å². The molecule has 0 spiro atoms. The molecule has 1 aliphatic heterocycles. The first kappa shape index (κ1) is 20.6. The molecule has 0 aromatic heterocycles. The Morgan fingerprint density at radius 1 is 1.10 bits per heavy atom. The lowest BCUT2D eigenvalue weighted by Crippen LogP contribution is -2.31. The van der Waals surface area contributed by atoms with Crippen molar-refractivity contribution < 1.29 is 14.6 Å². The summed E-state index contributed by atoms with van der Waals surface area (Å²) in [6.07, 6.45) is 1.24. The summed E-state index contributed by atoms with van der Waals surface area (Å²) in [6.45, 7) is 8.38. The Morgan fingerprint density at radius 2 is 1.77 bits per heavy atom. The highest BCUT2D eigenvalue weighted by Gasteiger charge is 2.39. The lowest BCUT2D eigenvalue weighted by Gasteiger charge is -2.34. The fourth-order valence-corrected chi connectivity index (χ4v) is 4.60. The summed E-state index contributed by atoms with van der Waals surface area (Å²) in [7, 11) is 1.48. The monoisotopic (exact) mass is 426 g/mol. The molecule has 3 N–H and O–H groups in total. The first-order valence-corrected chi connectivity index (χ1v) is 10.4. The molecule has 0 radical (unpaired) electrons. The second-order valence-corrected chi connectivity index (χ2v) is 9.48. The summed E-state index contributed by atoms with van der Waals surface area (Å²) in [4.78, 5) is 13.3. The van der Waals surface area contributed by atoms with Gasteiger partial charge in [-0.05, 0) is 66.6 Å². The molecule has 6 heteroatoms. The van der Waals surface area contributed by atoms with Gasteiger partial charge in [0.2, 0.25) is 0 Å². The van der Waals surface area contributed by atoms with Gasteiger partial charge in [0.1, 0.15) is 0 Å². The summed E-state index contributed by atoms with van der Waals surface area (Å²) in [6, 6.07) is 7.23. The zero-order valence-electron chi connectivity index (χ0n) is 17.9. The largest absolute Gasteiger partial charge is 0.503 e. The fourth-order valence-electron chi connectivity index (χ4n) is 4.38. The standard InChI is InChI=1S/C24H27ClN2O3/c1-12-6-16-17(7-13(12)2)27-22(14-8-15(25)23(29)20(9-14)30-5)21-18(26-16)10-24(3,4)11-19(21)28/h6-9,22,26-27,29H,10-11H2,1-5H3. The number of fused-ring (bicyclic) bond motifs is 1. The van der Waals surface area contributed by atoms with Gasteiger partial charge in [0.15, 0.2) is 17.3 Å². The lowest BCUT2D eigenvalue weighted by molar-refractivity contribution is -0.118. The summed E-state index contributed by atoms with van der Waals surface area (Å²) >= 11 is 6.29. The highest BCUT2D eigenvalue weighted by molar-refractivity contribution is 6.32. The number of ether oxygens (including phenoxy) is 1. The van der Waals surface area contributed by atoms with Crippen molar-refractivity contribution in [2.75, 3.05) is 17.7 Å². The number of rotatable bonds is 2. The van der Waals surface area contributed by atoms with Crippen LogP contribution in [0.15, 0.2) is 35.5 Å². The van der Waals surface area contributed by atoms with E-state index in [-0.39, 0.29) is 27.7 Å². The van der Waals surface area contributed by atoms with Crippen LogP contribution < -0.4 is 15.4 Å². The van der Waals surface area contributed by atoms with E-state index in [4.69, 9.17) is 16.3 Å². The van der Waals surface area contributed by atoms with Crippen molar-refractivity contribution in [3.8, 4) is 11.5 Å². The highest BCUT2D eigenvalue weighted by atomic mass is 35.5. The van der Waals surface area contributed by atoms with Gasteiger partial charge in [-0.25, -0.2) is 0 Å². The Labute approximate surface area is 182 Å². The van der Waals surface area contributed by atoms with Gasteiger partial charge < -0.3 is 20.5 Å². The predicted molar refractivity (Wildman–Crippen MR) is 121 cm³/mol. The minimum atomic E-state index is -0.411. The lowest BCUT2D eigenvalue weighted by atomic mass is 9.73. The number of allylic oxidation sites excluding steroid dienone is 1. The van der Waals surface area contributed by atoms with Gasteiger partial charge in [-0.1, -0.05) is 25.4 Å². The van der Waals surface area contributed by atoms with E-state index in [9.17, 15) is 9.90 Å². The summed E-state index contributed by atoms with van der Waals surface area (Å²) in [5.41, 5.74) is 6.50. The van der Waals surface area contributed by atoms with Crippen LogP contribution in [-0.4, -0.2) is 18.0 Å². The number of phenolic OH excluding ortho intramolecular Hbond substituents is 1. The van der Waals surface area contributed by atoms with Crippen LogP contribution in [0, 0.1) is 19.3 Å². The van der Waals surface area contributed by atoms with E-state index in [1.54, 1.807) is 12.1 Å². The van der Waals surface area contributed by atoms with E-state index in [0.29, 0.717) is 12.0 Å². The maximum Gasteiger partial charge on any atom is 0.176 e. The maximum atomic E-state index is 13.3. The van der Waals surface area contributed by atoms with Crippen molar-refractivity contribution in [2.45, 2.75) is 46.6 Å². The minimum absolute atomic E-state index is 0.105. The summed E-state index contributed by atoms with van der Waals surface area (Å²) in [5.74, 6) is 0.282. The van der Waals surface area contributed by atoms with Gasteiger partial charge in [-0.2, -0.15) is 0 Å². The van der Waals surface area contributed by atoms with Crippen molar-refractivity contribution >= 4 is 28.8 Å². The van der Waals surface area contributed by atoms with Crippen LogP contribution >= 0.6 is 11.6 Å². The third kappa shape index (κ3) is 3.52. The number of anilines is 2. The molecular weight excluding hydrogens is 400 g/mol. The summed E-state index contributed by atoms with van der Waals surface area (Å²) in [5, 5.41) is 17.5. The van der Waals surface area contributed by atoms with Gasteiger partial charge in [-0.15, -0.1) is 0 Å². The Kier molecular flexibility index (Phi) is 4.97. The zero-order valence-corrected chi connectivity index (χ0v) is 18.7. The van der Waals surface area contributed by atoms with Crippen LogP contribution in [0.25, 0.3) is 0 Å². The average Bonchev–Trinajstić information content (AvgIpc) is 2.80. The molecule has 4 rings (SSSR count). The molecule has 5 nitrogen and oxygen atoms in total. The number of phenols is 1. The Morgan fingerprint density at radius 3 is 2.43 bits per heavy atom. The molecule has 0 amide bonds. The number of Topliss-reactive ketones (excluding diaryl/α,β-unsaturated/α-hetero) is 1. The molecule has 1 aliphatic carbocycles. The molecule has 0 saturated heterocycles. The summed E-state index contributed by atoms with van der Waals surface area (Å²) < 4.78 is 5.31. The minimum Gasteiger partial charge on any atom is -0.503 e. The number of nitrogens with one attached hydrogen (secondary N) is 2. The maximum absolute atomic E-state index is 13.3. The molecular formula is C24H27ClN2O3. The molecule has 158 valence electrons. The number of halogens is 1. The Hall–Kier alpha value is -2.66. The van der Waals surface area contributed by atoms with Gasteiger partial charge in [0.05, 0.1) is 29.5 Å². The average molecular weight is 427 g/mol. The second-order valence-electron chi connectivity index (χ2n) is 9.07. The normalized spacial score (nSPS) is 19.9. The number of methoxy groups -OCH3 is 1. The first-order valence-electron chi connectivity index (χ1n) is 10.1. The van der Waals surface area contributed by atoms with Crippen LogP contribution in [-0.2, 0) is 4.79 Å². The van der Waals surface area contributed by atoms with E-state index in [1.165, 1.54) is 12.7 Å². The molecule has 30 heavy (non-hydrogen) atoms. The number of carbonyl (C=O) groups is 1. The number of aryl methyl sites for hydroxylation is 2. The van der Waals surface area contributed by atoms with E-state index in [2.05, 4.69) is 50.5 Å². The number of aromatic hydroxyl groups is 1. The van der Waals surface area contributed by atoms with Crippen LogP contribution in [0.5, 0.6) is 11.5 Å². The number of ketones is 1. The van der Waals surface area contributed by atoms with Crippen LogP contribution in [0.3, 0.4) is 0 Å². The Balaban J connectivity index is 1.94. The van der Waals surface area contributed by atoms with Crippen molar-refractivity contribution in [3.05, 3.63) is 57.2 Å². The second kappa shape index (κ2) is 7.24. The quantitative estimate of drug-likeness (QED) is 0.558. The molecule has 1 unspecified atom stereocenters. The molecule has 2 aromatic carbocycles. The third-order valence-electron chi connectivity index (χ3n) is 6.03. The van der Waals surface area contributed by atoms with Crippen molar-refractivity contribution in [3.63, 3.8) is 0 Å². The SMILES string of the molecule is COc1cc(C2Nc3cc(C)c(C)cc3NC3=C2C(=O)CC(C)(C)C3)cc(Cl)c1O. The fraction of sp³-hybridized carbons (Fsp3) is 0.375. The molecule has 1 atom stereocenters. The molecule has 0 saturated carbocycles. The van der Waals surface area contributed by atoms with Crippen LogP contribution in [0.4, 0.5) is 11.4 Å². The smallest absolute Gasteiger partial charge is 0.176 e. The number of hydrogen-bond donors (Lipinski definition) is 3. The van der Waals surface area contributed by atoms with E-state index >= 15 is 0 Å². The molecule has 0 bridgehead atoms. The van der Waals surface area contributed by atoms with Crippen LogP contribution in [0.1, 0.15) is 49.4 Å². The molecule has 0 fully saturated rings. The van der Waals surface area contributed by atoms with Gasteiger partial charge >= 0.3 is 0 Å². The van der Waals surface area contributed by atoms with E-state index < -0.39 is 6.04 Å². The third-order valence-corrected chi connectivity index (χ3v) is 6.32. The van der Waals surface area contributed by atoms with Crippen molar-refractivity contribution in [2.24, 2.45) is 5.41 Å². The van der Waals surface area contributed by atoms with Gasteiger partial charge in [-0.3, -0.25) is 4.79 Å². The molecule has 2 aromatic rings. The van der Waals surface area contributed by atoms with Gasteiger partial charge in [0.25, 0.3) is 0 Å². The molecule has 1 heterocycles.